The van der Waals surface area contributed by atoms with E-state index in [2.05, 4.69) is 16.5 Å². The van der Waals surface area contributed by atoms with Gasteiger partial charge >= 0.3 is 0 Å². The number of hydrogen-bond donors (Lipinski definition) is 0. The maximum atomic E-state index is 13.4. The molecule has 35 heavy (non-hydrogen) atoms. The van der Waals surface area contributed by atoms with E-state index in [1.807, 2.05) is 68.0 Å². The first-order valence-corrected chi connectivity index (χ1v) is 12.1. The van der Waals surface area contributed by atoms with E-state index in [1.54, 1.807) is 23.2 Å². The number of aryl methyl sites for hydroxylation is 1. The van der Waals surface area contributed by atoms with Crippen molar-refractivity contribution in [1.29, 1.82) is 0 Å². The SMILES string of the molecule is C=C/C(=C\C(=C/C)N1C(=O)c2ccc(Cl)cc2C1(C)C)N1CC2(CN(C(=O)c3cncn3C)C2)C1. The summed E-state index contributed by atoms with van der Waals surface area (Å²) >= 11 is 6.24. The molecule has 2 fully saturated rings. The smallest absolute Gasteiger partial charge is 0.272 e. The number of likely N-dealkylation sites (tertiary alicyclic amines) is 2. The van der Waals surface area contributed by atoms with Gasteiger partial charge in [0.2, 0.25) is 0 Å². The number of hydrogen-bond acceptors (Lipinski definition) is 4. The van der Waals surface area contributed by atoms with Gasteiger partial charge in [-0.3, -0.25) is 14.5 Å². The highest BCUT2D eigenvalue weighted by atomic mass is 35.5. The Labute approximate surface area is 211 Å². The van der Waals surface area contributed by atoms with E-state index < -0.39 is 5.54 Å². The Hall–Kier alpha value is -3.32. The summed E-state index contributed by atoms with van der Waals surface area (Å²) < 4.78 is 1.75. The van der Waals surface area contributed by atoms with Crippen LogP contribution in [-0.2, 0) is 12.6 Å². The molecule has 2 saturated heterocycles. The van der Waals surface area contributed by atoms with Crippen molar-refractivity contribution < 1.29 is 9.59 Å². The number of imidazole rings is 1. The van der Waals surface area contributed by atoms with Crippen LogP contribution in [0, 0.1) is 5.41 Å². The highest BCUT2D eigenvalue weighted by Crippen LogP contribution is 2.45. The van der Waals surface area contributed by atoms with Gasteiger partial charge in [-0.15, -0.1) is 0 Å². The van der Waals surface area contributed by atoms with Crippen LogP contribution in [0.3, 0.4) is 0 Å². The number of halogens is 1. The van der Waals surface area contributed by atoms with Gasteiger partial charge in [0.15, 0.2) is 0 Å². The fourth-order valence-corrected chi connectivity index (χ4v) is 5.80. The second kappa shape index (κ2) is 8.12. The Kier molecular flexibility index (Phi) is 5.44. The number of aromatic nitrogens is 2. The maximum absolute atomic E-state index is 13.4. The van der Waals surface area contributed by atoms with Gasteiger partial charge in [0, 0.05) is 60.6 Å². The Bertz CT molecular complexity index is 1290. The Morgan fingerprint density at radius 2 is 1.83 bits per heavy atom. The minimum atomic E-state index is -0.529. The molecule has 2 aromatic rings. The summed E-state index contributed by atoms with van der Waals surface area (Å²) in [6.45, 7) is 13.2. The first-order chi connectivity index (χ1) is 16.6. The van der Waals surface area contributed by atoms with Crippen LogP contribution < -0.4 is 0 Å². The second-order valence-corrected chi connectivity index (χ2v) is 10.7. The van der Waals surface area contributed by atoms with Gasteiger partial charge in [-0.25, -0.2) is 4.98 Å². The van der Waals surface area contributed by atoms with Crippen LogP contribution >= 0.6 is 11.6 Å². The molecular formula is C27H30ClN5O2. The van der Waals surface area contributed by atoms with Crippen LogP contribution in [-0.4, -0.2) is 62.2 Å². The van der Waals surface area contributed by atoms with Gasteiger partial charge in [0.1, 0.15) is 5.69 Å². The summed E-state index contributed by atoms with van der Waals surface area (Å²) in [7, 11) is 1.83. The van der Waals surface area contributed by atoms with Crippen LogP contribution in [0.1, 0.15) is 47.2 Å². The molecule has 0 bridgehead atoms. The molecule has 7 nitrogen and oxygen atoms in total. The lowest BCUT2D eigenvalue weighted by Gasteiger charge is -2.61. The molecule has 0 radical (unpaired) electrons. The molecule has 0 saturated carbocycles. The van der Waals surface area contributed by atoms with Crippen molar-refractivity contribution in [3.05, 3.63) is 88.8 Å². The standard InChI is InChI=1S/C27H30ClN5O2/c1-6-19(31-13-27(14-31)15-32(16-27)25(35)23-12-29-17-30(23)5)11-20(7-2)33-24(34)21-9-8-18(28)10-22(21)26(33,3)4/h6-12,17H,1,13-16H2,2-5H3/b19-11+,20-7+. The van der Waals surface area contributed by atoms with Gasteiger partial charge < -0.3 is 14.4 Å². The molecule has 1 aromatic carbocycles. The molecule has 5 rings (SSSR count). The summed E-state index contributed by atoms with van der Waals surface area (Å²) in [5, 5.41) is 0.623. The summed E-state index contributed by atoms with van der Waals surface area (Å²) in [5.41, 5.74) is 3.60. The van der Waals surface area contributed by atoms with E-state index in [1.165, 1.54) is 0 Å². The molecule has 3 aliphatic rings. The van der Waals surface area contributed by atoms with E-state index in [0.29, 0.717) is 16.3 Å². The van der Waals surface area contributed by atoms with Crippen LogP contribution in [0.2, 0.25) is 5.02 Å². The molecule has 2 amide bonds. The zero-order valence-corrected chi connectivity index (χ0v) is 21.3. The average Bonchev–Trinajstić information content (AvgIpc) is 3.27. The highest BCUT2D eigenvalue weighted by molar-refractivity contribution is 6.30. The molecule has 0 unspecified atom stereocenters. The van der Waals surface area contributed by atoms with E-state index in [4.69, 9.17) is 11.6 Å². The van der Waals surface area contributed by atoms with Crippen LogP contribution in [0.5, 0.6) is 0 Å². The van der Waals surface area contributed by atoms with E-state index >= 15 is 0 Å². The van der Waals surface area contributed by atoms with Crippen molar-refractivity contribution in [2.24, 2.45) is 12.5 Å². The summed E-state index contributed by atoms with van der Waals surface area (Å²) in [5.74, 6) is -0.00275. The van der Waals surface area contributed by atoms with E-state index in [9.17, 15) is 9.59 Å². The van der Waals surface area contributed by atoms with Gasteiger partial charge in [0.25, 0.3) is 11.8 Å². The van der Waals surface area contributed by atoms with E-state index in [-0.39, 0.29) is 17.2 Å². The minimum absolute atomic E-state index is 0.0270. The molecule has 4 heterocycles. The lowest BCUT2D eigenvalue weighted by atomic mass is 9.72. The largest absolute Gasteiger partial charge is 0.370 e. The molecule has 1 spiro atoms. The third-order valence-electron chi connectivity index (χ3n) is 7.49. The molecule has 8 heteroatoms. The van der Waals surface area contributed by atoms with Crippen molar-refractivity contribution in [2.75, 3.05) is 26.2 Å². The highest BCUT2D eigenvalue weighted by Gasteiger charge is 2.54. The third kappa shape index (κ3) is 3.60. The number of nitrogens with zero attached hydrogens (tertiary/aromatic N) is 5. The molecule has 0 N–H and O–H groups in total. The zero-order chi connectivity index (χ0) is 25.1. The maximum Gasteiger partial charge on any atom is 0.272 e. The summed E-state index contributed by atoms with van der Waals surface area (Å²) in [6, 6.07) is 5.45. The van der Waals surface area contributed by atoms with Crippen LogP contribution in [0.15, 0.2) is 66.9 Å². The van der Waals surface area contributed by atoms with E-state index in [0.717, 1.165) is 43.1 Å². The fraction of sp³-hybridized carbons (Fsp3) is 0.370. The molecule has 0 aliphatic carbocycles. The average molecular weight is 492 g/mol. The number of amides is 2. The Balaban J connectivity index is 1.29. The first-order valence-electron chi connectivity index (χ1n) is 11.8. The van der Waals surface area contributed by atoms with Gasteiger partial charge in [0.05, 0.1) is 18.1 Å². The summed E-state index contributed by atoms with van der Waals surface area (Å²) in [4.78, 5) is 36.1. The summed E-state index contributed by atoms with van der Waals surface area (Å²) in [6.07, 6.45) is 9.09. The van der Waals surface area contributed by atoms with Crippen molar-refractivity contribution >= 4 is 23.4 Å². The number of allylic oxidation sites excluding steroid dienone is 3. The lowest BCUT2D eigenvalue weighted by Crippen LogP contribution is -2.72. The first kappa shape index (κ1) is 23.4. The number of fused-ring (bicyclic) bond motifs is 1. The predicted molar refractivity (Wildman–Crippen MR) is 136 cm³/mol. The number of carbonyl (C=O) groups is 2. The molecule has 1 aromatic heterocycles. The molecule has 3 aliphatic heterocycles. The zero-order valence-electron chi connectivity index (χ0n) is 20.6. The normalized spacial score (nSPS) is 20.6. The molecular weight excluding hydrogens is 462 g/mol. The van der Waals surface area contributed by atoms with Gasteiger partial charge in [-0.2, -0.15) is 0 Å². The quantitative estimate of drug-likeness (QED) is 0.588. The number of carbonyl (C=O) groups excluding carboxylic acids is 2. The topological polar surface area (TPSA) is 61.7 Å². The third-order valence-corrected chi connectivity index (χ3v) is 7.72. The minimum Gasteiger partial charge on any atom is -0.370 e. The second-order valence-electron chi connectivity index (χ2n) is 10.3. The van der Waals surface area contributed by atoms with Crippen LogP contribution in [0.25, 0.3) is 0 Å². The van der Waals surface area contributed by atoms with Crippen molar-refractivity contribution in [1.82, 2.24) is 24.3 Å². The molecule has 0 atom stereocenters. The number of rotatable bonds is 5. The van der Waals surface area contributed by atoms with Crippen molar-refractivity contribution in [2.45, 2.75) is 26.3 Å². The van der Waals surface area contributed by atoms with Crippen LogP contribution in [0.4, 0.5) is 0 Å². The Morgan fingerprint density at radius 3 is 2.43 bits per heavy atom. The fourth-order valence-electron chi connectivity index (χ4n) is 5.63. The van der Waals surface area contributed by atoms with Crippen molar-refractivity contribution in [3.8, 4) is 0 Å². The molecule has 182 valence electrons. The predicted octanol–water partition coefficient (Wildman–Crippen LogP) is 4.20. The van der Waals surface area contributed by atoms with Crippen molar-refractivity contribution in [3.63, 3.8) is 0 Å². The lowest BCUT2D eigenvalue weighted by molar-refractivity contribution is -0.0822. The van der Waals surface area contributed by atoms with Gasteiger partial charge in [-0.1, -0.05) is 24.3 Å². The number of benzene rings is 1. The Morgan fingerprint density at radius 1 is 1.14 bits per heavy atom. The monoisotopic (exact) mass is 491 g/mol. The van der Waals surface area contributed by atoms with Gasteiger partial charge in [-0.05, 0) is 56.7 Å².